The van der Waals surface area contributed by atoms with Gasteiger partial charge in [0.1, 0.15) is 11.6 Å². The van der Waals surface area contributed by atoms with Crippen molar-refractivity contribution in [1.29, 1.82) is 0 Å². The lowest BCUT2D eigenvalue weighted by Crippen LogP contribution is -2.17. The molecule has 0 bridgehead atoms. The number of nitrogens with one attached hydrogen (secondary N) is 1. The van der Waals surface area contributed by atoms with Gasteiger partial charge in [0, 0.05) is 18.8 Å². The van der Waals surface area contributed by atoms with Crippen molar-refractivity contribution >= 4 is 0 Å². The molecule has 0 aliphatic rings. The van der Waals surface area contributed by atoms with Crippen molar-refractivity contribution in [3.8, 4) is 17.2 Å². The maximum Gasteiger partial charge on any atom is 0.348 e. The summed E-state index contributed by atoms with van der Waals surface area (Å²) in [5.74, 6) is 1.88. The third-order valence-electron chi connectivity index (χ3n) is 3.93. The van der Waals surface area contributed by atoms with Crippen LogP contribution in [0, 0.1) is 0 Å². The number of pyridine rings is 1. The number of rotatable bonds is 5. The van der Waals surface area contributed by atoms with Gasteiger partial charge in [-0.25, -0.2) is 14.5 Å². The van der Waals surface area contributed by atoms with Gasteiger partial charge in [-0.3, -0.25) is 4.98 Å². The van der Waals surface area contributed by atoms with Crippen LogP contribution in [0.3, 0.4) is 0 Å². The average Bonchev–Trinajstić information content (AvgIpc) is 3.04. The van der Waals surface area contributed by atoms with Crippen LogP contribution in [0.15, 0.2) is 83.9 Å². The molecule has 26 heavy (non-hydrogen) atoms. The fraction of sp³-hybridized carbons (Fsp3) is 0.0500. The Morgan fingerprint density at radius 2 is 1.65 bits per heavy atom. The first-order chi connectivity index (χ1) is 12.8. The van der Waals surface area contributed by atoms with Gasteiger partial charge in [-0.05, 0) is 42.0 Å². The Labute approximate surface area is 149 Å². The number of benzene rings is 2. The van der Waals surface area contributed by atoms with Gasteiger partial charge in [0.25, 0.3) is 0 Å². The van der Waals surface area contributed by atoms with Gasteiger partial charge >= 0.3 is 5.69 Å². The molecule has 0 spiro atoms. The molecule has 4 aromatic rings. The molecule has 0 aliphatic carbocycles. The highest BCUT2D eigenvalue weighted by Crippen LogP contribution is 2.28. The second kappa shape index (κ2) is 7.06. The molecule has 2 aromatic heterocycles. The zero-order chi connectivity index (χ0) is 17.8. The van der Waals surface area contributed by atoms with E-state index in [1.165, 1.54) is 0 Å². The highest BCUT2D eigenvalue weighted by Gasteiger charge is 2.15. The fourth-order valence-corrected chi connectivity index (χ4v) is 2.72. The molecule has 6 nitrogen and oxygen atoms in total. The van der Waals surface area contributed by atoms with E-state index in [2.05, 4.69) is 15.2 Å². The molecule has 2 aromatic carbocycles. The minimum atomic E-state index is -0.307. The van der Waals surface area contributed by atoms with E-state index in [4.69, 9.17) is 4.74 Å². The smallest absolute Gasteiger partial charge is 0.348 e. The minimum Gasteiger partial charge on any atom is -0.455 e. The average molecular weight is 344 g/mol. The first kappa shape index (κ1) is 15.8. The van der Waals surface area contributed by atoms with E-state index in [0.29, 0.717) is 29.4 Å². The molecule has 0 aliphatic heterocycles. The van der Waals surface area contributed by atoms with Crippen LogP contribution in [0.25, 0.3) is 5.69 Å². The van der Waals surface area contributed by atoms with Crippen molar-refractivity contribution < 1.29 is 4.74 Å². The van der Waals surface area contributed by atoms with Crippen LogP contribution in [0.2, 0.25) is 0 Å². The van der Waals surface area contributed by atoms with Crippen LogP contribution in [0.4, 0.5) is 0 Å². The van der Waals surface area contributed by atoms with Crippen LogP contribution < -0.4 is 10.4 Å². The molecule has 0 amide bonds. The molecule has 128 valence electrons. The molecule has 0 radical (unpaired) electrons. The molecule has 0 saturated carbocycles. The van der Waals surface area contributed by atoms with Crippen LogP contribution in [-0.4, -0.2) is 19.7 Å². The Morgan fingerprint density at radius 3 is 2.46 bits per heavy atom. The molecular weight excluding hydrogens is 328 g/mol. The lowest BCUT2D eigenvalue weighted by molar-refractivity contribution is 0.479. The van der Waals surface area contributed by atoms with Crippen LogP contribution in [0.1, 0.15) is 11.4 Å². The van der Waals surface area contributed by atoms with Crippen molar-refractivity contribution in [2.75, 3.05) is 0 Å². The second-order valence-electron chi connectivity index (χ2n) is 5.70. The van der Waals surface area contributed by atoms with E-state index in [-0.39, 0.29) is 5.69 Å². The molecule has 1 N–H and O–H groups in total. The Balaban J connectivity index is 1.75. The summed E-state index contributed by atoms with van der Waals surface area (Å²) >= 11 is 0. The lowest BCUT2D eigenvalue weighted by Gasteiger charge is -2.12. The van der Waals surface area contributed by atoms with Crippen molar-refractivity contribution in [2.45, 2.75) is 6.42 Å². The summed E-state index contributed by atoms with van der Waals surface area (Å²) in [6, 6.07) is 20.7. The molecule has 0 atom stereocenters. The van der Waals surface area contributed by atoms with E-state index in [1.54, 1.807) is 17.0 Å². The topological polar surface area (TPSA) is 72.8 Å². The number of hydrogen-bond acceptors (Lipinski definition) is 4. The molecule has 0 fully saturated rings. The first-order valence-corrected chi connectivity index (χ1v) is 8.19. The van der Waals surface area contributed by atoms with E-state index < -0.39 is 0 Å². The summed E-state index contributed by atoms with van der Waals surface area (Å²) in [6.07, 6.45) is 3.94. The summed E-state index contributed by atoms with van der Waals surface area (Å²) in [5.41, 5.74) is 1.35. The Morgan fingerprint density at radius 1 is 0.923 bits per heavy atom. The van der Waals surface area contributed by atoms with E-state index in [9.17, 15) is 4.79 Å². The highest BCUT2D eigenvalue weighted by molar-refractivity contribution is 5.49. The van der Waals surface area contributed by atoms with Crippen LogP contribution in [0.5, 0.6) is 11.5 Å². The predicted octanol–water partition coefficient (Wildman–Crippen LogP) is 3.34. The molecule has 0 saturated heterocycles. The Hall–Kier alpha value is -3.67. The zero-order valence-electron chi connectivity index (χ0n) is 13.9. The SMILES string of the molecule is O=c1[nH]nc(Cc2ccncc2)n1-c1ccccc1Oc1ccccc1. The second-order valence-corrected chi connectivity index (χ2v) is 5.70. The van der Waals surface area contributed by atoms with Gasteiger partial charge in [0.05, 0.1) is 5.69 Å². The maximum absolute atomic E-state index is 12.4. The fourth-order valence-electron chi connectivity index (χ4n) is 2.72. The molecule has 2 heterocycles. The quantitative estimate of drug-likeness (QED) is 0.603. The van der Waals surface area contributed by atoms with Gasteiger partial charge in [0.15, 0.2) is 5.75 Å². The number of ether oxygens (including phenoxy) is 1. The monoisotopic (exact) mass is 344 g/mol. The number of para-hydroxylation sites is 3. The first-order valence-electron chi connectivity index (χ1n) is 8.19. The van der Waals surface area contributed by atoms with Gasteiger partial charge in [-0.15, -0.1) is 0 Å². The lowest BCUT2D eigenvalue weighted by atomic mass is 10.2. The number of H-pyrrole nitrogens is 1. The third-order valence-corrected chi connectivity index (χ3v) is 3.93. The van der Waals surface area contributed by atoms with Crippen LogP contribution in [-0.2, 0) is 6.42 Å². The molecule has 6 heteroatoms. The standard InChI is InChI=1S/C20H16N4O2/c25-20-23-22-19(14-15-10-12-21-13-11-15)24(20)17-8-4-5-9-18(17)26-16-6-2-1-3-7-16/h1-13H,14H2,(H,23,25). The molecular formula is C20H16N4O2. The predicted molar refractivity (Wildman–Crippen MR) is 97.7 cm³/mol. The van der Waals surface area contributed by atoms with Crippen molar-refractivity contribution in [3.05, 3.63) is 101 Å². The minimum absolute atomic E-state index is 0.307. The third kappa shape index (κ3) is 3.25. The molecule has 4 rings (SSSR count). The van der Waals surface area contributed by atoms with E-state index in [0.717, 1.165) is 5.56 Å². The van der Waals surface area contributed by atoms with Crippen LogP contribution >= 0.6 is 0 Å². The maximum atomic E-state index is 12.4. The number of aromatic nitrogens is 4. The number of nitrogens with zero attached hydrogens (tertiary/aromatic N) is 3. The number of hydrogen-bond donors (Lipinski definition) is 1. The Kier molecular flexibility index (Phi) is 4.30. The van der Waals surface area contributed by atoms with Crippen molar-refractivity contribution in [3.63, 3.8) is 0 Å². The summed E-state index contributed by atoms with van der Waals surface area (Å²) in [6.45, 7) is 0. The highest BCUT2D eigenvalue weighted by atomic mass is 16.5. The summed E-state index contributed by atoms with van der Waals surface area (Å²) in [7, 11) is 0. The van der Waals surface area contributed by atoms with E-state index in [1.807, 2.05) is 66.7 Å². The normalized spacial score (nSPS) is 10.6. The van der Waals surface area contributed by atoms with Gasteiger partial charge in [0.2, 0.25) is 0 Å². The van der Waals surface area contributed by atoms with E-state index >= 15 is 0 Å². The van der Waals surface area contributed by atoms with Gasteiger partial charge in [-0.2, -0.15) is 5.10 Å². The Bertz CT molecular complexity index is 1060. The summed E-state index contributed by atoms with van der Waals surface area (Å²) in [4.78, 5) is 16.4. The molecule has 0 unspecified atom stereocenters. The van der Waals surface area contributed by atoms with Crippen molar-refractivity contribution in [2.24, 2.45) is 0 Å². The van der Waals surface area contributed by atoms with Gasteiger partial charge < -0.3 is 4.74 Å². The summed E-state index contributed by atoms with van der Waals surface area (Å²) in [5, 5.41) is 6.72. The summed E-state index contributed by atoms with van der Waals surface area (Å²) < 4.78 is 7.52. The number of aromatic amines is 1. The van der Waals surface area contributed by atoms with Crippen molar-refractivity contribution in [1.82, 2.24) is 19.7 Å². The zero-order valence-corrected chi connectivity index (χ0v) is 13.9. The van der Waals surface area contributed by atoms with Gasteiger partial charge in [-0.1, -0.05) is 30.3 Å². The largest absolute Gasteiger partial charge is 0.455 e.